The van der Waals surface area contributed by atoms with Gasteiger partial charge in [0, 0.05) is 23.4 Å². The Morgan fingerprint density at radius 3 is 2.73 bits per heavy atom. The maximum Gasteiger partial charge on any atom is 0.153 e. The molecule has 0 amide bonds. The molecule has 4 heteroatoms. The molecule has 3 aromatic rings. The van der Waals surface area contributed by atoms with E-state index in [-0.39, 0.29) is 11.3 Å². The van der Waals surface area contributed by atoms with Crippen LogP contribution in [0.15, 0.2) is 53.7 Å². The Labute approximate surface area is 127 Å². The Morgan fingerprint density at radius 2 is 1.91 bits per heavy atom. The monoisotopic (exact) mass is 290 g/mol. The van der Waals surface area contributed by atoms with Gasteiger partial charge in [-0.25, -0.2) is 0 Å². The fourth-order valence-corrected chi connectivity index (χ4v) is 2.36. The highest BCUT2D eigenvalue weighted by Gasteiger charge is 2.07. The van der Waals surface area contributed by atoms with Crippen LogP contribution in [-0.2, 0) is 0 Å². The van der Waals surface area contributed by atoms with Gasteiger partial charge in [0.15, 0.2) is 6.29 Å². The quantitative estimate of drug-likeness (QED) is 0.589. The van der Waals surface area contributed by atoms with E-state index in [1.807, 2.05) is 37.3 Å². The number of aryl methyl sites for hydroxylation is 1. The first-order chi connectivity index (χ1) is 10.7. The Morgan fingerprint density at radius 1 is 1.14 bits per heavy atom. The molecule has 1 aromatic heterocycles. The molecule has 4 nitrogen and oxygen atoms in total. The summed E-state index contributed by atoms with van der Waals surface area (Å²) in [4.78, 5) is 19.7. The molecule has 0 unspecified atom stereocenters. The average molecular weight is 290 g/mol. The second kappa shape index (κ2) is 5.77. The van der Waals surface area contributed by atoms with Gasteiger partial charge in [-0.3, -0.25) is 14.8 Å². The number of carbonyl (C=O) groups is 1. The van der Waals surface area contributed by atoms with Crippen molar-refractivity contribution >= 4 is 29.1 Å². The van der Waals surface area contributed by atoms with Crippen molar-refractivity contribution in [3.63, 3.8) is 0 Å². The largest absolute Gasteiger partial charge is 0.507 e. The van der Waals surface area contributed by atoms with E-state index in [1.165, 1.54) is 0 Å². The van der Waals surface area contributed by atoms with E-state index in [2.05, 4.69) is 9.98 Å². The third kappa shape index (κ3) is 2.59. The van der Waals surface area contributed by atoms with Crippen molar-refractivity contribution in [3.05, 3.63) is 65.4 Å². The molecule has 0 fully saturated rings. The molecule has 0 aliphatic rings. The lowest BCUT2D eigenvalue weighted by molar-refractivity contribution is 0.112. The third-order valence-corrected chi connectivity index (χ3v) is 3.39. The predicted octanol–water partition coefficient (Wildman–Crippen LogP) is 3.81. The van der Waals surface area contributed by atoms with Crippen molar-refractivity contribution in [3.8, 4) is 5.75 Å². The van der Waals surface area contributed by atoms with E-state index < -0.39 is 0 Å². The summed E-state index contributed by atoms with van der Waals surface area (Å²) in [5.41, 5.74) is 3.17. The fourth-order valence-electron chi connectivity index (χ4n) is 2.36. The number of fused-ring (bicyclic) bond motifs is 1. The van der Waals surface area contributed by atoms with Gasteiger partial charge in [-0.1, -0.05) is 18.2 Å². The van der Waals surface area contributed by atoms with E-state index in [1.54, 1.807) is 24.5 Å². The number of phenolic OH excluding ortho intramolecular Hbond substituents is 1. The number of aldehydes is 1. The molecule has 0 atom stereocenters. The first kappa shape index (κ1) is 13.9. The van der Waals surface area contributed by atoms with Crippen molar-refractivity contribution in [1.82, 2.24) is 4.98 Å². The van der Waals surface area contributed by atoms with E-state index in [0.717, 1.165) is 16.5 Å². The van der Waals surface area contributed by atoms with Crippen molar-refractivity contribution in [2.24, 2.45) is 4.99 Å². The standard InChI is InChI=1S/C18H14N2O2/c1-12-8-14(18(22)15(9-12)11-21)10-20-16-6-2-4-13-5-3-7-19-17(13)16/h2-11,22H,1H3. The number of aromatic hydroxyl groups is 1. The summed E-state index contributed by atoms with van der Waals surface area (Å²) >= 11 is 0. The van der Waals surface area contributed by atoms with Gasteiger partial charge in [0.1, 0.15) is 5.75 Å². The van der Waals surface area contributed by atoms with Crippen LogP contribution < -0.4 is 0 Å². The molecule has 108 valence electrons. The average Bonchev–Trinajstić information content (AvgIpc) is 2.55. The molecule has 1 heterocycles. The molecule has 0 spiro atoms. The number of para-hydroxylation sites is 1. The summed E-state index contributed by atoms with van der Waals surface area (Å²) in [5, 5.41) is 11.1. The Bertz CT molecular complexity index is 880. The summed E-state index contributed by atoms with van der Waals surface area (Å²) in [5.74, 6) is -0.0578. The zero-order chi connectivity index (χ0) is 15.5. The minimum atomic E-state index is -0.0578. The second-order valence-corrected chi connectivity index (χ2v) is 5.02. The summed E-state index contributed by atoms with van der Waals surface area (Å²) in [6, 6.07) is 13.0. The number of nitrogens with zero attached hydrogens (tertiary/aromatic N) is 2. The van der Waals surface area contributed by atoms with Crippen LogP contribution in [0, 0.1) is 6.92 Å². The smallest absolute Gasteiger partial charge is 0.153 e. The maximum absolute atomic E-state index is 11.0. The number of aromatic nitrogens is 1. The van der Waals surface area contributed by atoms with Crippen molar-refractivity contribution < 1.29 is 9.90 Å². The van der Waals surface area contributed by atoms with Gasteiger partial charge < -0.3 is 5.11 Å². The van der Waals surface area contributed by atoms with E-state index in [0.29, 0.717) is 17.5 Å². The highest BCUT2D eigenvalue weighted by Crippen LogP contribution is 2.25. The van der Waals surface area contributed by atoms with Crippen LogP contribution in [0.1, 0.15) is 21.5 Å². The SMILES string of the molecule is Cc1cc(C=O)c(O)c(C=Nc2cccc3cccnc23)c1. The van der Waals surface area contributed by atoms with Gasteiger partial charge in [-0.05, 0) is 36.8 Å². The molecule has 3 rings (SSSR count). The minimum absolute atomic E-state index is 0.0578. The predicted molar refractivity (Wildman–Crippen MR) is 87.2 cm³/mol. The first-order valence-electron chi connectivity index (χ1n) is 6.85. The molecule has 0 aliphatic carbocycles. The lowest BCUT2D eigenvalue weighted by Crippen LogP contribution is -1.91. The molecular formula is C18H14N2O2. The second-order valence-electron chi connectivity index (χ2n) is 5.02. The summed E-state index contributed by atoms with van der Waals surface area (Å²) in [7, 11) is 0. The van der Waals surface area contributed by atoms with Gasteiger partial charge in [-0.15, -0.1) is 0 Å². The Balaban J connectivity index is 2.07. The van der Waals surface area contributed by atoms with Gasteiger partial charge in [0.25, 0.3) is 0 Å². The summed E-state index contributed by atoms with van der Waals surface area (Å²) < 4.78 is 0. The summed E-state index contributed by atoms with van der Waals surface area (Å²) in [6.07, 6.45) is 3.91. The van der Waals surface area contributed by atoms with Crippen LogP contribution in [-0.4, -0.2) is 22.6 Å². The van der Waals surface area contributed by atoms with Crippen molar-refractivity contribution in [2.45, 2.75) is 6.92 Å². The Kier molecular flexibility index (Phi) is 3.66. The number of carbonyl (C=O) groups excluding carboxylic acids is 1. The number of aliphatic imine (C=N–C) groups is 1. The van der Waals surface area contributed by atoms with E-state index in [4.69, 9.17) is 0 Å². The zero-order valence-electron chi connectivity index (χ0n) is 12.0. The molecule has 0 bridgehead atoms. The fraction of sp³-hybridized carbons (Fsp3) is 0.0556. The van der Waals surface area contributed by atoms with E-state index in [9.17, 15) is 9.90 Å². The van der Waals surface area contributed by atoms with Gasteiger partial charge in [0.2, 0.25) is 0 Å². The van der Waals surface area contributed by atoms with Crippen molar-refractivity contribution in [1.29, 1.82) is 0 Å². The maximum atomic E-state index is 11.0. The number of hydrogen-bond acceptors (Lipinski definition) is 4. The van der Waals surface area contributed by atoms with Crippen LogP contribution in [0.3, 0.4) is 0 Å². The lowest BCUT2D eigenvalue weighted by Gasteiger charge is -2.04. The lowest BCUT2D eigenvalue weighted by atomic mass is 10.1. The zero-order valence-corrected chi connectivity index (χ0v) is 12.0. The number of hydrogen-bond donors (Lipinski definition) is 1. The molecule has 1 N–H and O–H groups in total. The van der Waals surface area contributed by atoms with Crippen LogP contribution in [0.2, 0.25) is 0 Å². The van der Waals surface area contributed by atoms with Crippen LogP contribution in [0.25, 0.3) is 10.9 Å². The van der Waals surface area contributed by atoms with Gasteiger partial charge >= 0.3 is 0 Å². The molecule has 0 saturated heterocycles. The molecule has 2 aromatic carbocycles. The van der Waals surface area contributed by atoms with Crippen LogP contribution in [0.5, 0.6) is 5.75 Å². The Hall–Kier alpha value is -3.01. The number of rotatable bonds is 3. The number of benzene rings is 2. The van der Waals surface area contributed by atoms with Crippen molar-refractivity contribution in [2.75, 3.05) is 0 Å². The van der Waals surface area contributed by atoms with Gasteiger partial charge in [-0.2, -0.15) is 0 Å². The minimum Gasteiger partial charge on any atom is -0.507 e. The van der Waals surface area contributed by atoms with Gasteiger partial charge in [0.05, 0.1) is 16.8 Å². The topological polar surface area (TPSA) is 62.5 Å². The third-order valence-electron chi connectivity index (χ3n) is 3.39. The molecule has 0 aliphatic heterocycles. The first-order valence-corrected chi connectivity index (χ1v) is 6.85. The summed E-state index contributed by atoms with van der Waals surface area (Å²) in [6.45, 7) is 1.86. The number of pyridine rings is 1. The molecule has 0 saturated carbocycles. The highest BCUT2D eigenvalue weighted by molar-refractivity contribution is 5.95. The van der Waals surface area contributed by atoms with E-state index >= 15 is 0 Å². The van der Waals surface area contributed by atoms with Crippen LogP contribution >= 0.6 is 0 Å². The highest BCUT2D eigenvalue weighted by atomic mass is 16.3. The molecular weight excluding hydrogens is 276 g/mol. The molecule has 0 radical (unpaired) electrons. The van der Waals surface area contributed by atoms with Crippen LogP contribution in [0.4, 0.5) is 5.69 Å². The normalized spacial score (nSPS) is 11.1. The number of phenols is 1. The molecule has 22 heavy (non-hydrogen) atoms.